The summed E-state index contributed by atoms with van der Waals surface area (Å²) in [7, 11) is 1.61. The molecule has 35 heavy (non-hydrogen) atoms. The molecule has 1 amide bonds. The molecule has 0 saturated heterocycles. The van der Waals surface area contributed by atoms with E-state index in [1.54, 1.807) is 48.5 Å². The molecule has 1 atom stereocenters. The molecule has 3 aromatic carbocycles. The Hall–Kier alpha value is -3.56. The number of amidine groups is 1. The average molecular weight is 550 g/mol. The summed E-state index contributed by atoms with van der Waals surface area (Å²) >= 11 is 4.39. The Morgan fingerprint density at radius 2 is 1.86 bits per heavy atom. The van der Waals surface area contributed by atoms with Gasteiger partial charge in [0.1, 0.15) is 17.2 Å². The monoisotopic (exact) mass is 549 g/mol. The van der Waals surface area contributed by atoms with Gasteiger partial charge >= 0.3 is 5.24 Å². The van der Waals surface area contributed by atoms with E-state index < -0.39 is 0 Å². The molecule has 0 bridgehead atoms. The minimum Gasteiger partial charge on any atom is -0.508 e. The maximum atomic E-state index is 12.4. The highest BCUT2D eigenvalue weighted by Gasteiger charge is 2.38. The summed E-state index contributed by atoms with van der Waals surface area (Å²) in [6.07, 6.45) is 2.22. The van der Waals surface area contributed by atoms with Crippen molar-refractivity contribution in [3.63, 3.8) is 0 Å². The predicted molar refractivity (Wildman–Crippen MR) is 141 cm³/mol. The Balaban J connectivity index is 1.59. The quantitative estimate of drug-likeness (QED) is 0.395. The molecule has 0 aliphatic carbocycles. The largest absolute Gasteiger partial charge is 0.508 e. The van der Waals surface area contributed by atoms with Crippen LogP contribution in [0.2, 0.25) is 0 Å². The lowest BCUT2D eigenvalue weighted by molar-refractivity contribution is 0.267. The van der Waals surface area contributed by atoms with Gasteiger partial charge in [-0.15, -0.1) is 0 Å². The zero-order chi connectivity index (χ0) is 24.5. The van der Waals surface area contributed by atoms with E-state index in [0.717, 1.165) is 33.3 Å². The molecule has 1 unspecified atom stereocenters. The number of thioether (sulfide) groups is 1. The van der Waals surface area contributed by atoms with Crippen LogP contribution in [0.3, 0.4) is 0 Å². The first-order valence-electron chi connectivity index (χ1n) is 10.7. The molecule has 0 saturated carbocycles. The Morgan fingerprint density at radius 3 is 2.60 bits per heavy atom. The van der Waals surface area contributed by atoms with Gasteiger partial charge in [-0.2, -0.15) is 10.1 Å². The van der Waals surface area contributed by atoms with Gasteiger partial charge in [0.15, 0.2) is 5.84 Å². The number of rotatable bonds is 4. The number of nitrogens with zero attached hydrogens (tertiary/aromatic N) is 3. The second kappa shape index (κ2) is 9.59. The Labute approximate surface area is 214 Å². The van der Waals surface area contributed by atoms with Crippen LogP contribution in [0, 0.1) is 0 Å². The maximum absolute atomic E-state index is 12.4. The van der Waals surface area contributed by atoms with E-state index in [-0.39, 0.29) is 22.8 Å². The van der Waals surface area contributed by atoms with Crippen molar-refractivity contribution in [2.75, 3.05) is 7.11 Å². The number of ether oxygens (including phenoxy) is 1. The normalized spacial score (nSPS) is 18.7. The predicted octanol–water partition coefficient (Wildman–Crippen LogP) is 6.33. The third-order valence-electron chi connectivity index (χ3n) is 5.74. The van der Waals surface area contributed by atoms with E-state index in [2.05, 4.69) is 20.9 Å². The minimum atomic E-state index is -0.377. The van der Waals surface area contributed by atoms with Crippen molar-refractivity contribution in [1.29, 1.82) is 0 Å². The van der Waals surface area contributed by atoms with Crippen LogP contribution in [0.1, 0.15) is 29.2 Å². The molecule has 0 fully saturated rings. The van der Waals surface area contributed by atoms with Gasteiger partial charge in [-0.1, -0.05) is 34.1 Å². The fourth-order valence-electron chi connectivity index (χ4n) is 4.02. The van der Waals surface area contributed by atoms with E-state index >= 15 is 0 Å². The summed E-state index contributed by atoms with van der Waals surface area (Å²) in [5.41, 5.74) is 2.91. The standard InChI is InChI=1S/C26H20BrN3O4S/c1-34-18-9-6-15(7-10-18)20-14-21(19-4-2-3-5-23(19)32)30(29-20)25-24(35-26(33)28-25)13-16-12-17(27)8-11-22(16)31/h2-13,21,31-32H,14H2,1H3/b24-13-. The van der Waals surface area contributed by atoms with Gasteiger partial charge < -0.3 is 14.9 Å². The number of halogens is 1. The molecule has 3 aromatic rings. The van der Waals surface area contributed by atoms with E-state index in [0.29, 0.717) is 28.3 Å². The van der Waals surface area contributed by atoms with E-state index in [9.17, 15) is 15.0 Å². The van der Waals surface area contributed by atoms with Crippen molar-refractivity contribution in [1.82, 2.24) is 5.01 Å². The first-order valence-corrected chi connectivity index (χ1v) is 12.3. The fraction of sp³-hybridized carbons (Fsp3) is 0.115. The number of hydrazone groups is 1. The SMILES string of the molecule is COc1ccc(C2=NN(C3=NC(=O)S/C3=C\c3cc(Br)ccc3O)C(c3ccccc3O)C2)cc1. The second-order valence-corrected chi connectivity index (χ2v) is 9.82. The molecular weight excluding hydrogens is 530 g/mol. The zero-order valence-electron chi connectivity index (χ0n) is 18.6. The molecular formula is C26H20BrN3O4S. The van der Waals surface area contributed by atoms with Crippen LogP contribution in [0.4, 0.5) is 4.79 Å². The van der Waals surface area contributed by atoms with Crippen LogP contribution >= 0.6 is 27.7 Å². The molecule has 2 aliphatic rings. The van der Waals surface area contributed by atoms with Crippen molar-refractivity contribution in [2.45, 2.75) is 12.5 Å². The number of benzene rings is 3. The molecule has 0 spiro atoms. The fourth-order valence-corrected chi connectivity index (χ4v) is 5.13. The summed E-state index contributed by atoms with van der Waals surface area (Å²) in [6, 6.07) is 19.4. The summed E-state index contributed by atoms with van der Waals surface area (Å²) in [5, 5.41) is 27.1. The molecule has 2 aliphatic heterocycles. The number of aromatic hydroxyl groups is 2. The smallest absolute Gasteiger partial charge is 0.311 e. The van der Waals surface area contributed by atoms with Gasteiger partial charge in [-0.3, -0.25) is 4.79 Å². The van der Waals surface area contributed by atoms with Crippen LogP contribution in [-0.2, 0) is 0 Å². The van der Waals surface area contributed by atoms with Crippen molar-refractivity contribution in [2.24, 2.45) is 10.1 Å². The highest BCUT2D eigenvalue weighted by Crippen LogP contribution is 2.42. The number of carbonyl (C=O) groups is 1. The highest BCUT2D eigenvalue weighted by molar-refractivity contribution is 9.10. The number of hydrogen-bond donors (Lipinski definition) is 2. The number of phenols is 2. The number of phenolic OH excluding ortho intramolecular Hbond substituents is 2. The zero-order valence-corrected chi connectivity index (χ0v) is 21.0. The highest BCUT2D eigenvalue weighted by atomic mass is 79.9. The van der Waals surface area contributed by atoms with Crippen LogP contribution in [0.25, 0.3) is 6.08 Å². The van der Waals surface area contributed by atoms with Crippen molar-refractivity contribution in [3.05, 3.63) is 92.8 Å². The van der Waals surface area contributed by atoms with Crippen molar-refractivity contribution >= 4 is 50.6 Å². The van der Waals surface area contributed by atoms with E-state index in [1.165, 1.54) is 0 Å². The molecule has 9 heteroatoms. The number of hydrogen-bond acceptors (Lipinski definition) is 7. The summed E-state index contributed by atoms with van der Waals surface area (Å²) in [4.78, 5) is 17.2. The summed E-state index contributed by atoms with van der Waals surface area (Å²) < 4.78 is 6.06. The molecule has 2 N–H and O–H groups in total. The van der Waals surface area contributed by atoms with Gasteiger partial charge in [0.2, 0.25) is 0 Å². The lowest BCUT2D eigenvalue weighted by atomic mass is 9.97. The maximum Gasteiger partial charge on any atom is 0.311 e. The first-order chi connectivity index (χ1) is 16.9. The third-order valence-corrected chi connectivity index (χ3v) is 7.02. The van der Waals surface area contributed by atoms with Gasteiger partial charge in [0, 0.05) is 22.0 Å². The number of amides is 1. The van der Waals surface area contributed by atoms with Crippen LogP contribution in [0.5, 0.6) is 17.2 Å². The van der Waals surface area contributed by atoms with Crippen LogP contribution in [-0.4, -0.2) is 39.1 Å². The number of methoxy groups -OCH3 is 1. The first kappa shape index (κ1) is 23.2. The van der Waals surface area contributed by atoms with Crippen molar-refractivity contribution < 1.29 is 19.7 Å². The molecule has 0 radical (unpaired) electrons. The number of carbonyl (C=O) groups excluding carboxylic acids is 1. The van der Waals surface area contributed by atoms with Crippen molar-refractivity contribution in [3.8, 4) is 17.2 Å². The van der Waals surface area contributed by atoms with Gasteiger partial charge in [-0.05, 0) is 71.9 Å². The molecule has 5 rings (SSSR count). The minimum absolute atomic E-state index is 0.0843. The average Bonchev–Trinajstić information content (AvgIpc) is 3.45. The lowest BCUT2D eigenvalue weighted by Gasteiger charge is -2.24. The molecule has 7 nitrogen and oxygen atoms in total. The molecule has 2 heterocycles. The number of para-hydroxylation sites is 1. The lowest BCUT2D eigenvalue weighted by Crippen LogP contribution is -2.26. The number of aliphatic imine (C=N–C) groups is 1. The summed E-state index contributed by atoms with van der Waals surface area (Å²) in [5.74, 6) is 1.33. The Morgan fingerprint density at radius 1 is 1.09 bits per heavy atom. The van der Waals surface area contributed by atoms with Crippen LogP contribution in [0.15, 0.2) is 86.2 Å². The Kier molecular flexibility index (Phi) is 6.36. The van der Waals surface area contributed by atoms with Gasteiger partial charge in [-0.25, -0.2) is 5.01 Å². The van der Waals surface area contributed by atoms with E-state index in [1.807, 2.05) is 36.4 Å². The molecule has 0 aromatic heterocycles. The van der Waals surface area contributed by atoms with Gasteiger partial charge in [0.25, 0.3) is 0 Å². The second-order valence-electron chi connectivity index (χ2n) is 7.91. The Bertz CT molecular complexity index is 1400. The van der Waals surface area contributed by atoms with Crippen LogP contribution < -0.4 is 4.74 Å². The molecule has 176 valence electrons. The summed E-state index contributed by atoms with van der Waals surface area (Å²) in [6.45, 7) is 0. The topological polar surface area (TPSA) is 94.7 Å². The van der Waals surface area contributed by atoms with E-state index in [4.69, 9.17) is 9.84 Å². The third kappa shape index (κ3) is 4.69. The van der Waals surface area contributed by atoms with Gasteiger partial charge in [0.05, 0.1) is 23.8 Å².